The van der Waals surface area contributed by atoms with Gasteiger partial charge < -0.3 is 0 Å². The van der Waals surface area contributed by atoms with Crippen molar-refractivity contribution in [3.05, 3.63) is 51.0 Å². The van der Waals surface area contributed by atoms with E-state index in [1.807, 2.05) is 18.5 Å². The molecule has 0 aliphatic heterocycles. The summed E-state index contributed by atoms with van der Waals surface area (Å²) >= 11 is 3.37. The van der Waals surface area contributed by atoms with E-state index >= 15 is 0 Å². The van der Waals surface area contributed by atoms with Crippen molar-refractivity contribution in [3.8, 4) is 0 Å². The summed E-state index contributed by atoms with van der Waals surface area (Å²) in [5.74, 6) is -0.231. The van der Waals surface area contributed by atoms with Crippen LogP contribution in [0.2, 0.25) is 0 Å². The summed E-state index contributed by atoms with van der Waals surface area (Å²) in [7, 11) is 0. The van der Waals surface area contributed by atoms with Gasteiger partial charge in [0.25, 0.3) is 0 Å². The quantitative estimate of drug-likeness (QED) is 0.825. The number of nitrogens with zero attached hydrogens (tertiary/aromatic N) is 2. The van der Waals surface area contributed by atoms with E-state index in [2.05, 4.69) is 28.0 Å². The monoisotopic (exact) mass is 296 g/mol. The van der Waals surface area contributed by atoms with Crippen LogP contribution in [0, 0.1) is 26.6 Å². The maximum absolute atomic E-state index is 13.0. The molecule has 0 aliphatic rings. The first kappa shape index (κ1) is 12.3. The zero-order valence-corrected chi connectivity index (χ0v) is 11.7. The minimum atomic E-state index is -0.231. The van der Waals surface area contributed by atoms with E-state index in [1.54, 1.807) is 6.07 Å². The lowest BCUT2D eigenvalue weighted by Gasteiger charge is -2.07. The van der Waals surface area contributed by atoms with Gasteiger partial charge in [0.1, 0.15) is 5.82 Å². The van der Waals surface area contributed by atoms with Crippen molar-refractivity contribution in [2.24, 2.45) is 0 Å². The van der Waals surface area contributed by atoms with Crippen LogP contribution in [0.4, 0.5) is 4.39 Å². The maximum Gasteiger partial charge on any atom is 0.124 e. The highest BCUT2D eigenvalue weighted by Gasteiger charge is 2.09. The van der Waals surface area contributed by atoms with E-state index in [9.17, 15) is 4.39 Å². The molecule has 0 spiro atoms. The molecule has 0 saturated carbocycles. The van der Waals surface area contributed by atoms with Gasteiger partial charge in [-0.25, -0.2) is 4.39 Å². The Morgan fingerprint density at radius 2 is 2.00 bits per heavy atom. The van der Waals surface area contributed by atoms with Crippen molar-refractivity contribution in [2.75, 3.05) is 0 Å². The van der Waals surface area contributed by atoms with Gasteiger partial charge in [0, 0.05) is 10.2 Å². The fourth-order valence-corrected chi connectivity index (χ4v) is 2.23. The van der Waals surface area contributed by atoms with Crippen LogP contribution in [0.15, 0.2) is 22.7 Å². The molecule has 2 aromatic rings. The lowest BCUT2D eigenvalue weighted by Crippen LogP contribution is -2.05. The van der Waals surface area contributed by atoms with Crippen molar-refractivity contribution in [1.29, 1.82) is 0 Å². The van der Waals surface area contributed by atoms with E-state index < -0.39 is 0 Å². The lowest BCUT2D eigenvalue weighted by atomic mass is 10.2. The van der Waals surface area contributed by atoms with Gasteiger partial charge in [0.05, 0.1) is 12.2 Å². The fraction of sp³-hybridized carbons (Fsp3) is 0.308. The molecule has 1 aromatic heterocycles. The lowest BCUT2D eigenvalue weighted by molar-refractivity contribution is 0.620. The van der Waals surface area contributed by atoms with Crippen LogP contribution < -0.4 is 0 Å². The summed E-state index contributed by atoms with van der Waals surface area (Å²) in [5, 5.41) is 4.47. The summed E-state index contributed by atoms with van der Waals surface area (Å²) in [4.78, 5) is 0. The molecule has 2 nitrogen and oxygen atoms in total. The van der Waals surface area contributed by atoms with Crippen LogP contribution in [0.1, 0.15) is 22.5 Å². The van der Waals surface area contributed by atoms with Gasteiger partial charge in [0.2, 0.25) is 0 Å². The van der Waals surface area contributed by atoms with Gasteiger partial charge in [-0.3, -0.25) is 4.68 Å². The molecule has 90 valence electrons. The highest BCUT2D eigenvalue weighted by atomic mass is 79.9. The molecule has 0 bridgehead atoms. The second-order valence-electron chi connectivity index (χ2n) is 4.19. The molecule has 0 aliphatic carbocycles. The first-order valence-electron chi connectivity index (χ1n) is 5.43. The summed E-state index contributed by atoms with van der Waals surface area (Å²) < 4.78 is 15.7. The average Bonchev–Trinajstić information content (AvgIpc) is 2.50. The second kappa shape index (κ2) is 4.61. The molecule has 4 heteroatoms. The van der Waals surface area contributed by atoms with E-state index in [0.29, 0.717) is 6.54 Å². The van der Waals surface area contributed by atoms with Crippen molar-refractivity contribution >= 4 is 15.9 Å². The third kappa shape index (κ3) is 2.41. The molecule has 0 saturated heterocycles. The van der Waals surface area contributed by atoms with Crippen LogP contribution in [0.5, 0.6) is 0 Å². The largest absolute Gasteiger partial charge is 0.265 e. The van der Waals surface area contributed by atoms with E-state index in [0.717, 1.165) is 21.4 Å². The highest BCUT2D eigenvalue weighted by Crippen LogP contribution is 2.20. The third-order valence-corrected chi connectivity index (χ3v) is 3.82. The molecule has 1 heterocycles. The van der Waals surface area contributed by atoms with Gasteiger partial charge in [-0.05, 0) is 44.0 Å². The van der Waals surface area contributed by atoms with Crippen LogP contribution in [-0.2, 0) is 6.54 Å². The van der Waals surface area contributed by atoms with Gasteiger partial charge in [-0.15, -0.1) is 0 Å². The molecule has 2 rings (SSSR count). The zero-order valence-electron chi connectivity index (χ0n) is 10.1. The van der Waals surface area contributed by atoms with Crippen LogP contribution in [0.25, 0.3) is 0 Å². The second-order valence-corrected chi connectivity index (χ2v) is 5.04. The Kier molecular flexibility index (Phi) is 3.33. The minimum Gasteiger partial charge on any atom is -0.265 e. The minimum absolute atomic E-state index is 0.231. The standard InChI is InChI=1S/C13H14BrFN2/c1-8-9(2)16-17(10(8)3)7-11-4-5-12(15)6-13(11)14/h4-6H,7H2,1-3H3. The van der Waals surface area contributed by atoms with Gasteiger partial charge in [-0.1, -0.05) is 22.0 Å². The molecule has 0 amide bonds. The van der Waals surface area contributed by atoms with Crippen molar-refractivity contribution in [3.63, 3.8) is 0 Å². The SMILES string of the molecule is Cc1nn(Cc2ccc(F)cc2Br)c(C)c1C. The van der Waals surface area contributed by atoms with Crippen molar-refractivity contribution in [2.45, 2.75) is 27.3 Å². The smallest absolute Gasteiger partial charge is 0.124 e. The summed E-state index contributed by atoms with van der Waals surface area (Å²) in [5.41, 5.74) is 4.43. The predicted molar refractivity (Wildman–Crippen MR) is 69.6 cm³/mol. The van der Waals surface area contributed by atoms with Crippen LogP contribution in [0.3, 0.4) is 0 Å². The maximum atomic E-state index is 13.0. The van der Waals surface area contributed by atoms with Crippen molar-refractivity contribution < 1.29 is 4.39 Å². The molecule has 1 aromatic carbocycles. The van der Waals surface area contributed by atoms with Crippen molar-refractivity contribution in [1.82, 2.24) is 9.78 Å². The molecular weight excluding hydrogens is 283 g/mol. The third-order valence-electron chi connectivity index (χ3n) is 3.08. The first-order chi connectivity index (χ1) is 7.99. The average molecular weight is 297 g/mol. The molecule has 0 atom stereocenters. The van der Waals surface area contributed by atoms with Gasteiger partial charge in [-0.2, -0.15) is 5.10 Å². The Labute approximate surface area is 109 Å². The predicted octanol–water partition coefficient (Wildman–Crippen LogP) is 3.76. The number of aryl methyl sites for hydroxylation is 1. The molecule has 0 N–H and O–H groups in total. The van der Waals surface area contributed by atoms with Gasteiger partial charge in [0.15, 0.2) is 0 Å². The number of rotatable bonds is 2. The van der Waals surface area contributed by atoms with E-state index in [4.69, 9.17) is 0 Å². The Morgan fingerprint density at radius 1 is 1.29 bits per heavy atom. The normalized spacial score (nSPS) is 10.9. The molecular formula is C13H14BrFN2. The molecule has 0 unspecified atom stereocenters. The summed E-state index contributed by atoms with van der Waals surface area (Å²) in [6.45, 7) is 6.76. The Hall–Kier alpha value is -1.16. The van der Waals surface area contributed by atoms with Crippen LogP contribution in [-0.4, -0.2) is 9.78 Å². The van der Waals surface area contributed by atoms with Crippen LogP contribution >= 0.6 is 15.9 Å². The molecule has 17 heavy (non-hydrogen) atoms. The number of hydrogen-bond donors (Lipinski definition) is 0. The number of halogens is 2. The Bertz CT molecular complexity index is 561. The topological polar surface area (TPSA) is 17.8 Å². The fourth-order valence-electron chi connectivity index (χ4n) is 1.75. The molecule has 0 radical (unpaired) electrons. The number of aromatic nitrogens is 2. The number of benzene rings is 1. The summed E-state index contributed by atoms with van der Waals surface area (Å²) in [6.07, 6.45) is 0. The Balaban J connectivity index is 2.34. The Morgan fingerprint density at radius 3 is 2.53 bits per heavy atom. The first-order valence-corrected chi connectivity index (χ1v) is 6.23. The summed E-state index contributed by atoms with van der Waals surface area (Å²) in [6, 6.07) is 4.73. The van der Waals surface area contributed by atoms with E-state index in [-0.39, 0.29) is 5.82 Å². The number of hydrogen-bond acceptors (Lipinski definition) is 1. The molecule has 0 fully saturated rings. The van der Waals surface area contributed by atoms with Gasteiger partial charge >= 0.3 is 0 Å². The van der Waals surface area contributed by atoms with E-state index in [1.165, 1.54) is 17.7 Å². The zero-order chi connectivity index (χ0) is 12.6. The highest BCUT2D eigenvalue weighted by molar-refractivity contribution is 9.10.